The van der Waals surface area contributed by atoms with Gasteiger partial charge < -0.3 is 9.47 Å². The molecule has 9 heteroatoms. The molecule has 8 nitrogen and oxygen atoms in total. The number of nitrogens with zero attached hydrogens (tertiary/aromatic N) is 5. The Morgan fingerprint density at radius 1 is 1.25 bits per heavy atom. The number of aliphatic imine (C=N–C) groups is 1. The number of ether oxygens (including phenoxy) is 2. The smallest absolute Gasteiger partial charge is 0.310 e. The number of morpholine rings is 1. The zero-order valence-corrected chi connectivity index (χ0v) is 19.1. The summed E-state index contributed by atoms with van der Waals surface area (Å²) in [4.78, 5) is 19.3. The maximum atomic E-state index is 12.2. The van der Waals surface area contributed by atoms with Crippen LogP contribution in [0.15, 0.2) is 52.4 Å². The third-order valence-corrected chi connectivity index (χ3v) is 7.08. The van der Waals surface area contributed by atoms with Gasteiger partial charge in [-0.3, -0.25) is 19.3 Å². The lowest BCUT2D eigenvalue weighted by Crippen LogP contribution is -2.44. The molecule has 3 atom stereocenters. The molecular formula is C23H27N5O3S. The Labute approximate surface area is 190 Å². The predicted octanol–water partition coefficient (Wildman–Crippen LogP) is 2.86. The molecule has 0 spiro atoms. The lowest BCUT2D eigenvalue weighted by atomic mass is 9.98. The molecule has 0 saturated carbocycles. The molecule has 0 amide bonds. The lowest BCUT2D eigenvalue weighted by Gasteiger charge is -2.32. The summed E-state index contributed by atoms with van der Waals surface area (Å²) in [5.41, 5.74) is 3.01. The van der Waals surface area contributed by atoms with Crippen molar-refractivity contribution in [2.24, 2.45) is 4.99 Å². The first-order valence-electron chi connectivity index (χ1n) is 10.8. The van der Waals surface area contributed by atoms with Crippen LogP contribution in [-0.4, -0.2) is 64.9 Å². The van der Waals surface area contributed by atoms with Crippen LogP contribution in [0, 0.1) is 0 Å². The highest BCUT2D eigenvalue weighted by atomic mass is 32.1. The first kappa shape index (κ1) is 21.3. The van der Waals surface area contributed by atoms with Gasteiger partial charge in [-0.05, 0) is 29.8 Å². The molecule has 0 N–H and O–H groups in total. The van der Waals surface area contributed by atoms with Gasteiger partial charge in [-0.15, -0.1) is 0 Å². The number of methoxy groups -OCH3 is 1. The molecule has 1 fully saturated rings. The number of hydrogen-bond acceptors (Lipinski definition) is 7. The summed E-state index contributed by atoms with van der Waals surface area (Å²) in [5, 5.41) is 4.81. The number of thiazole rings is 1. The Morgan fingerprint density at radius 2 is 2.09 bits per heavy atom. The molecule has 1 saturated heterocycles. The van der Waals surface area contributed by atoms with Crippen LogP contribution in [0.5, 0.6) is 0 Å². The van der Waals surface area contributed by atoms with Crippen molar-refractivity contribution in [3.05, 3.63) is 63.5 Å². The molecule has 1 aromatic carbocycles. The number of dihydropyridines is 1. The average Bonchev–Trinajstić information content (AvgIpc) is 3.44. The van der Waals surface area contributed by atoms with Crippen LogP contribution < -0.4 is 4.87 Å². The SMILES string of the molecule is COCn1c(=O)sc2cc(C(C)c3ccn(C4C=CC(N5CCOCC5)C=N4)n3)ccc21. The van der Waals surface area contributed by atoms with Crippen LogP contribution in [0.4, 0.5) is 0 Å². The highest BCUT2D eigenvalue weighted by molar-refractivity contribution is 7.16. The first-order valence-corrected chi connectivity index (χ1v) is 11.7. The molecule has 32 heavy (non-hydrogen) atoms. The molecule has 2 aliphatic rings. The fourth-order valence-electron chi connectivity index (χ4n) is 4.24. The quantitative estimate of drug-likeness (QED) is 0.537. The topological polar surface area (TPSA) is 73.9 Å². The van der Waals surface area contributed by atoms with E-state index in [1.807, 2.05) is 29.2 Å². The molecule has 2 aliphatic heterocycles. The van der Waals surface area contributed by atoms with Crippen molar-refractivity contribution < 1.29 is 9.47 Å². The molecule has 2 aromatic heterocycles. The molecule has 3 unspecified atom stereocenters. The number of benzene rings is 1. The fourth-order valence-corrected chi connectivity index (χ4v) is 5.17. The van der Waals surface area contributed by atoms with Crippen LogP contribution in [0.25, 0.3) is 10.2 Å². The molecule has 168 valence electrons. The molecule has 0 bridgehead atoms. The van der Waals surface area contributed by atoms with Gasteiger partial charge in [0.25, 0.3) is 0 Å². The zero-order chi connectivity index (χ0) is 22.1. The Balaban J connectivity index is 1.31. The second kappa shape index (κ2) is 9.11. The Hall–Kier alpha value is -2.59. The number of rotatable bonds is 6. The van der Waals surface area contributed by atoms with Crippen molar-refractivity contribution in [3.63, 3.8) is 0 Å². The molecule has 0 aliphatic carbocycles. The van der Waals surface area contributed by atoms with E-state index < -0.39 is 0 Å². The summed E-state index contributed by atoms with van der Waals surface area (Å²) in [5.74, 6) is 0.103. The maximum Gasteiger partial charge on any atom is 0.310 e. The minimum absolute atomic E-state index is 0.00624. The van der Waals surface area contributed by atoms with E-state index >= 15 is 0 Å². The van der Waals surface area contributed by atoms with Crippen LogP contribution in [0.1, 0.15) is 30.3 Å². The zero-order valence-electron chi connectivity index (χ0n) is 18.3. The van der Waals surface area contributed by atoms with Crippen LogP contribution >= 0.6 is 11.3 Å². The van der Waals surface area contributed by atoms with Gasteiger partial charge in [-0.2, -0.15) is 5.10 Å². The average molecular weight is 454 g/mol. The summed E-state index contributed by atoms with van der Waals surface area (Å²) in [7, 11) is 1.59. The Bertz CT molecular complexity index is 1190. The van der Waals surface area contributed by atoms with Gasteiger partial charge in [0.1, 0.15) is 6.73 Å². The lowest BCUT2D eigenvalue weighted by molar-refractivity contribution is 0.0360. The van der Waals surface area contributed by atoms with Gasteiger partial charge in [0.2, 0.25) is 0 Å². The first-order chi connectivity index (χ1) is 15.6. The van der Waals surface area contributed by atoms with Gasteiger partial charge in [-0.25, -0.2) is 4.68 Å². The van der Waals surface area contributed by atoms with Crippen LogP contribution in [0.2, 0.25) is 0 Å². The highest BCUT2D eigenvalue weighted by Crippen LogP contribution is 2.28. The summed E-state index contributed by atoms with van der Waals surface area (Å²) >= 11 is 1.25. The van der Waals surface area contributed by atoms with Gasteiger partial charge in [-0.1, -0.05) is 30.4 Å². The Morgan fingerprint density at radius 3 is 2.84 bits per heavy atom. The van der Waals surface area contributed by atoms with Crippen molar-refractivity contribution in [1.29, 1.82) is 0 Å². The minimum atomic E-state index is -0.121. The van der Waals surface area contributed by atoms with E-state index in [2.05, 4.69) is 36.1 Å². The van der Waals surface area contributed by atoms with Crippen molar-refractivity contribution in [2.75, 3.05) is 33.4 Å². The summed E-state index contributed by atoms with van der Waals surface area (Å²) in [6.45, 7) is 5.83. The molecule has 3 aromatic rings. The summed E-state index contributed by atoms with van der Waals surface area (Å²) in [6, 6.07) is 8.42. The van der Waals surface area contributed by atoms with Crippen molar-refractivity contribution in [1.82, 2.24) is 19.2 Å². The van der Waals surface area contributed by atoms with E-state index in [0.29, 0.717) is 0 Å². The van der Waals surface area contributed by atoms with Gasteiger partial charge in [0.15, 0.2) is 6.17 Å². The highest BCUT2D eigenvalue weighted by Gasteiger charge is 2.22. The standard InChI is InChI=1S/C23H27N5O3S/c1-16(17-3-5-20-21(13-17)32-23(29)27(20)15-30-2)19-7-8-28(25-19)22-6-4-18(14-24-22)26-9-11-31-12-10-26/h3-8,13-14,16,18,22H,9-12,15H2,1-2H3. The minimum Gasteiger partial charge on any atom is -0.379 e. The molecule has 5 rings (SSSR count). The molecule has 4 heterocycles. The van der Waals surface area contributed by atoms with E-state index in [1.54, 1.807) is 11.7 Å². The van der Waals surface area contributed by atoms with E-state index in [-0.39, 0.29) is 29.7 Å². The third-order valence-electron chi connectivity index (χ3n) is 6.13. The van der Waals surface area contributed by atoms with Gasteiger partial charge >= 0.3 is 4.87 Å². The van der Waals surface area contributed by atoms with Crippen molar-refractivity contribution >= 4 is 27.8 Å². The van der Waals surface area contributed by atoms with Crippen molar-refractivity contribution in [3.8, 4) is 0 Å². The third kappa shape index (κ3) is 4.09. The van der Waals surface area contributed by atoms with Crippen molar-refractivity contribution in [2.45, 2.75) is 31.8 Å². The van der Waals surface area contributed by atoms with Gasteiger partial charge in [0, 0.05) is 38.5 Å². The van der Waals surface area contributed by atoms with Gasteiger partial charge in [0.05, 0.1) is 35.2 Å². The summed E-state index contributed by atoms with van der Waals surface area (Å²) in [6.07, 6.45) is 8.20. The predicted molar refractivity (Wildman–Crippen MR) is 126 cm³/mol. The molecule has 0 radical (unpaired) electrons. The Kier molecular flexibility index (Phi) is 6.05. The largest absolute Gasteiger partial charge is 0.379 e. The number of aromatic nitrogens is 3. The normalized spacial score (nSPS) is 22.6. The molecular weight excluding hydrogens is 426 g/mol. The second-order valence-corrected chi connectivity index (χ2v) is 9.11. The van der Waals surface area contributed by atoms with Crippen LogP contribution in [-0.2, 0) is 16.2 Å². The van der Waals surface area contributed by atoms with E-state index in [4.69, 9.17) is 19.6 Å². The van der Waals surface area contributed by atoms with Crippen LogP contribution in [0.3, 0.4) is 0 Å². The second-order valence-electron chi connectivity index (χ2n) is 8.12. The number of fused-ring (bicyclic) bond motifs is 1. The monoisotopic (exact) mass is 453 g/mol. The maximum absolute atomic E-state index is 12.2. The summed E-state index contributed by atoms with van der Waals surface area (Å²) < 4.78 is 15.1. The van der Waals surface area contributed by atoms with E-state index in [9.17, 15) is 4.79 Å². The van der Waals surface area contributed by atoms with E-state index in [1.165, 1.54) is 11.3 Å². The van der Waals surface area contributed by atoms with E-state index in [0.717, 1.165) is 47.8 Å². The fraction of sp³-hybridized carbons (Fsp3) is 0.435. The number of hydrogen-bond donors (Lipinski definition) is 0.